The lowest BCUT2D eigenvalue weighted by molar-refractivity contribution is -0.135. The van der Waals surface area contributed by atoms with E-state index in [1.165, 1.54) is 18.2 Å². The fraction of sp³-hybridized carbons (Fsp3) is 0.100. The number of carboxylic acids is 1. The molecule has 0 unspecified atom stereocenters. The zero-order valence-corrected chi connectivity index (χ0v) is 8.99. The predicted molar refractivity (Wildman–Crippen MR) is 56.9 cm³/mol. The number of benzene rings is 1. The average molecular weight is 239 g/mol. The fourth-order valence-corrected chi connectivity index (χ4v) is 1.53. The molecule has 0 radical (unpaired) electrons. The molecule has 1 aromatic rings. The van der Waals surface area contributed by atoms with Crippen LogP contribution in [-0.4, -0.2) is 19.5 Å². The molecule has 1 aromatic carbocycles. The fourth-order valence-electron chi connectivity index (χ4n) is 0.973. The Kier molecular flexibility index (Phi) is 3.66. The average Bonchev–Trinajstić information content (AvgIpc) is 2.16. The second-order valence-electron chi connectivity index (χ2n) is 2.95. The molecule has 0 spiro atoms. The van der Waals surface area contributed by atoms with Crippen molar-refractivity contribution in [3.8, 4) is 11.8 Å². The summed E-state index contributed by atoms with van der Waals surface area (Å²) in [7, 11) is -3.75. The molecule has 5 nitrogen and oxygen atoms in total. The number of aliphatic carboxylic acids is 1. The lowest BCUT2D eigenvalue weighted by Crippen LogP contribution is -2.11. The molecule has 84 valence electrons. The number of hydrogen-bond acceptors (Lipinski definition) is 3. The van der Waals surface area contributed by atoms with Crippen molar-refractivity contribution >= 4 is 16.0 Å². The van der Waals surface area contributed by atoms with Gasteiger partial charge in [-0.15, -0.1) is 0 Å². The van der Waals surface area contributed by atoms with Crippen LogP contribution in [-0.2, 0) is 14.8 Å². The summed E-state index contributed by atoms with van der Waals surface area (Å²) in [5.74, 6) is 3.90. The zero-order valence-electron chi connectivity index (χ0n) is 8.17. The molecule has 0 aliphatic heterocycles. The Morgan fingerprint density at radius 1 is 1.44 bits per heavy atom. The highest BCUT2D eigenvalue weighted by Crippen LogP contribution is 2.08. The predicted octanol–water partition coefficient (Wildman–Crippen LogP) is 0.160. The highest BCUT2D eigenvalue weighted by molar-refractivity contribution is 7.89. The van der Waals surface area contributed by atoms with Crippen molar-refractivity contribution in [1.82, 2.24) is 0 Å². The van der Waals surface area contributed by atoms with Gasteiger partial charge in [-0.3, -0.25) is 4.79 Å². The van der Waals surface area contributed by atoms with Crippen LogP contribution in [0.25, 0.3) is 0 Å². The first kappa shape index (κ1) is 12.2. The molecule has 0 aliphatic rings. The third-order valence-corrected chi connectivity index (χ3v) is 2.55. The van der Waals surface area contributed by atoms with E-state index in [4.69, 9.17) is 10.2 Å². The number of rotatable bonds is 2. The van der Waals surface area contributed by atoms with Gasteiger partial charge in [-0.2, -0.15) is 0 Å². The van der Waals surface area contributed by atoms with Gasteiger partial charge in [-0.05, 0) is 18.2 Å². The smallest absolute Gasteiger partial charge is 0.315 e. The van der Waals surface area contributed by atoms with Crippen LogP contribution in [0, 0.1) is 11.8 Å². The lowest BCUT2D eigenvalue weighted by Gasteiger charge is -1.97. The van der Waals surface area contributed by atoms with Crippen LogP contribution >= 0.6 is 0 Å². The molecular weight excluding hydrogens is 230 g/mol. The van der Waals surface area contributed by atoms with E-state index in [-0.39, 0.29) is 11.3 Å². The minimum Gasteiger partial charge on any atom is -0.481 e. The van der Waals surface area contributed by atoms with E-state index in [9.17, 15) is 13.2 Å². The Hall–Kier alpha value is -1.84. The van der Waals surface area contributed by atoms with Crippen LogP contribution in [0.1, 0.15) is 12.0 Å². The maximum absolute atomic E-state index is 11.0. The van der Waals surface area contributed by atoms with Gasteiger partial charge in [0.25, 0.3) is 0 Å². The van der Waals surface area contributed by atoms with Gasteiger partial charge in [0.15, 0.2) is 0 Å². The van der Waals surface area contributed by atoms with Crippen LogP contribution in [0.5, 0.6) is 0 Å². The molecule has 0 bridgehead atoms. The van der Waals surface area contributed by atoms with Gasteiger partial charge in [-0.25, -0.2) is 13.6 Å². The lowest BCUT2D eigenvalue weighted by atomic mass is 10.2. The number of nitrogens with two attached hydrogens (primary N) is 1. The van der Waals surface area contributed by atoms with Crippen molar-refractivity contribution in [2.24, 2.45) is 5.14 Å². The van der Waals surface area contributed by atoms with E-state index in [2.05, 4.69) is 11.8 Å². The van der Waals surface area contributed by atoms with Crippen molar-refractivity contribution in [3.63, 3.8) is 0 Å². The Labute approximate surface area is 92.9 Å². The maximum Gasteiger partial charge on any atom is 0.315 e. The maximum atomic E-state index is 11.0. The molecule has 0 saturated carbocycles. The second kappa shape index (κ2) is 4.79. The van der Waals surface area contributed by atoms with Crippen LogP contribution in [0.3, 0.4) is 0 Å². The van der Waals surface area contributed by atoms with E-state index in [1.807, 2.05) is 0 Å². The molecule has 3 N–H and O–H groups in total. The summed E-state index contributed by atoms with van der Waals surface area (Å²) in [6.07, 6.45) is -0.292. The molecule has 0 fully saturated rings. The topological polar surface area (TPSA) is 97.5 Å². The Morgan fingerprint density at radius 3 is 2.69 bits per heavy atom. The quantitative estimate of drug-likeness (QED) is 0.718. The van der Waals surface area contributed by atoms with Crippen molar-refractivity contribution in [2.45, 2.75) is 11.3 Å². The molecule has 0 amide bonds. The van der Waals surface area contributed by atoms with Crippen molar-refractivity contribution in [2.75, 3.05) is 0 Å². The van der Waals surface area contributed by atoms with Gasteiger partial charge in [0, 0.05) is 5.56 Å². The number of carboxylic acid groups (broad SMARTS) is 1. The molecule has 0 atom stereocenters. The highest BCUT2D eigenvalue weighted by Gasteiger charge is 2.06. The van der Waals surface area contributed by atoms with Crippen LogP contribution in [0.15, 0.2) is 29.2 Å². The van der Waals surface area contributed by atoms with Crippen LogP contribution in [0.4, 0.5) is 0 Å². The van der Waals surface area contributed by atoms with E-state index in [0.717, 1.165) is 0 Å². The molecule has 16 heavy (non-hydrogen) atoms. The SMILES string of the molecule is NS(=O)(=O)c1cccc(C#CCC(=O)O)c1. The summed E-state index contributed by atoms with van der Waals surface area (Å²) in [6.45, 7) is 0. The summed E-state index contributed by atoms with van der Waals surface area (Å²) >= 11 is 0. The van der Waals surface area contributed by atoms with E-state index < -0.39 is 16.0 Å². The largest absolute Gasteiger partial charge is 0.481 e. The Morgan fingerprint density at radius 2 is 2.12 bits per heavy atom. The summed E-state index contributed by atoms with van der Waals surface area (Å²) < 4.78 is 22.0. The highest BCUT2D eigenvalue weighted by atomic mass is 32.2. The first-order chi connectivity index (χ1) is 7.39. The minimum atomic E-state index is -3.75. The molecule has 0 aliphatic carbocycles. The van der Waals surface area contributed by atoms with Crippen LogP contribution in [0.2, 0.25) is 0 Å². The van der Waals surface area contributed by atoms with E-state index >= 15 is 0 Å². The summed E-state index contributed by atoms with van der Waals surface area (Å²) in [5, 5.41) is 13.3. The zero-order chi connectivity index (χ0) is 12.2. The number of hydrogen-bond donors (Lipinski definition) is 2. The number of primary sulfonamides is 1. The molecule has 6 heteroatoms. The van der Waals surface area contributed by atoms with E-state index in [1.54, 1.807) is 6.07 Å². The van der Waals surface area contributed by atoms with Gasteiger partial charge in [0.2, 0.25) is 10.0 Å². The van der Waals surface area contributed by atoms with Gasteiger partial charge < -0.3 is 5.11 Å². The molecule has 0 saturated heterocycles. The first-order valence-corrected chi connectivity index (χ1v) is 5.78. The van der Waals surface area contributed by atoms with Gasteiger partial charge in [0.05, 0.1) is 4.90 Å². The van der Waals surface area contributed by atoms with Gasteiger partial charge >= 0.3 is 5.97 Å². The molecule has 0 heterocycles. The standard InChI is InChI=1S/C10H9NO4S/c11-16(14,15)9-5-1-3-8(7-9)4-2-6-10(12)13/h1,3,5,7H,6H2,(H,12,13)(H2,11,14,15). The number of sulfonamides is 1. The molecular formula is C10H9NO4S. The normalized spacial score (nSPS) is 10.3. The third kappa shape index (κ3) is 3.73. The van der Waals surface area contributed by atoms with Gasteiger partial charge in [0.1, 0.15) is 6.42 Å². The van der Waals surface area contributed by atoms with Gasteiger partial charge in [-0.1, -0.05) is 17.9 Å². The monoisotopic (exact) mass is 239 g/mol. The van der Waals surface area contributed by atoms with Crippen molar-refractivity contribution in [1.29, 1.82) is 0 Å². The third-order valence-electron chi connectivity index (χ3n) is 1.63. The first-order valence-electron chi connectivity index (χ1n) is 4.23. The van der Waals surface area contributed by atoms with Crippen molar-refractivity contribution < 1.29 is 18.3 Å². The molecule has 0 aromatic heterocycles. The summed E-state index contributed by atoms with van der Waals surface area (Å²) in [4.78, 5) is 10.2. The summed E-state index contributed by atoms with van der Waals surface area (Å²) in [6, 6.07) is 5.70. The molecule has 1 rings (SSSR count). The van der Waals surface area contributed by atoms with Crippen molar-refractivity contribution in [3.05, 3.63) is 29.8 Å². The number of carbonyl (C=O) groups is 1. The minimum absolute atomic E-state index is 0.0466. The summed E-state index contributed by atoms with van der Waals surface area (Å²) in [5.41, 5.74) is 0.410. The van der Waals surface area contributed by atoms with E-state index in [0.29, 0.717) is 5.56 Å². The van der Waals surface area contributed by atoms with Crippen LogP contribution < -0.4 is 5.14 Å². The second-order valence-corrected chi connectivity index (χ2v) is 4.51. The Bertz CT molecular complexity index is 566. The Balaban J connectivity index is 2.99.